The Kier molecular flexibility index (Phi) is 6.92. The van der Waals surface area contributed by atoms with E-state index < -0.39 is 10.9 Å². The average Bonchev–Trinajstić information content (AvgIpc) is 2.73. The molecular weight excluding hydrogens is 406 g/mol. The molecule has 1 N–H and O–H groups in total. The number of aliphatic carboxylic acids is 1. The van der Waals surface area contributed by atoms with E-state index in [0.717, 1.165) is 4.90 Å². The molecule has 0 amide bonds. The highest BCUT2D eigenvalue weighted by Gasteiger charge is 2.16. The first-order valence-corrected chi connectivity index (χ1v) is 9.96. The van der Waals surface area contributed by atoms with Gasteiger partial charge in [0.05, 0.1) is 18.5 Å². The quantitative estimate of drug-likeness (QED) is 0.281. The van der Waals surface area contributed by atoms with E-state index in [-0.39, 0.29) is 12.1 Å². The smallest absolute Gasteiger partial charge is 0.307 e. The van der Waals surface area contributed by atoms with Crippen LogP contribution in [0.5, 0.6) is 17.2 Å². The highest BCUT2D eigenvalue weighted by atomic mass is 32.2. The van der Waals surface area contributed by atoms with Crippen LogP contribution in [0.1, 0.15) is 11.1 Å². The third-order valence-corrected chi connectivity index (χ3v) is 5.26. The number of nitro groups is 1. The van der Waals surface area contributed by atoms with Crippen molar-refractivity contribution in [2.45, 2.75) is 17.1 Å². The fourth-order valence-corrected chi connectivity index (χ4v) is 3.67. The Labute approximate surface area is 177 Å². The molecule has 0 heterocycles. The Balaban J connectivity index is 1.92. The molecule has 0 aliphatic heterocycles. The maximum absolute atomic E-state index is 11.2. The van der Waals surface area contributed by atoms with Gasteiger partial charge in [0.25, 0.3) is 5.69 Å². The second kappa shape index (κ2) is 9.80. The number of methoxy groups -OCH3 is 1. The third-order valence-electron chi connectivity index (χ3n) is 4.20. The number of rotatable bonds is 9. The van der Waals surface area contributed by atoms with Crippen molar-refractivity contribution < 1.29 is 24.3 Å². The summed E-state index contributed by atoms with van der Waals surface area (Å²) in [5.74, 6) is 0.717. The van der Waals surface area contributed by atoms with Crippen LogP contribution in [0.15, 0.2) is 71.6 Å². The summed E-state index contributed by atoms with van der Waals surface area (Å²) in [6, 6.07) is 19.0. The predicted molar refractivity (Wildman–Crippen MR) is 114 cm³/mol. The lowest BCUT2D eigenvalue weighted by molar-refractivity contribution is -0.384. The van der Waals surface area contributed by atoms with Gasteiger partial charge in [0.1, 0.15) is 5.75 Å². The average molecular weight is 425 g/mol. The summed E-state index contributed by atoms with van der Waals surface area (Å²) in [5.41, 5.74) is 1.17. The first-order valence-electron chi connectivity index (χ1n) is 8.98. The van der Waals surface area contributed by atoms with Gasteiger partial charge in [-0.3, -0.25) is 14.9 Å². The standard InChI is InChI=1S/C22H19NO6S/c1-28-20-9-7-15(12-22(24)25)11-21(20)29-19-10-8-17(23(26)27)13-16(19)14-30-18-5-3-2-4-6-18/h2-11,13H,12,14H2,1H3,(H,24,25). The van der Waals surface area contributed by atoms with E-state index in [1.165, 1.54) is 31.0 Å². The van der Waals surface area contributed by atoms with E-state index in [4.69, 9.17) is 14.6 Å². The molecule has 0 bridgehead atoms. The molecule has 3 rings (SSSR count). The Hall–Kier alpha value is -3.52. The minimum absolute atomic E-state index is 0.0300. The zero-order valence-corrected chi connectivity index (χ0v) is 16.9. The summed E-state index contributed by atoms with van der Waals surface area (Å²) >= 11 is 1.53. The number of thioether (sulfide) groups is 1. The Morgan fingerprint density at radius 3 is 2.43 bits per heavy atom. The van der Waals surface area contributed by atoms with Gasteiger partial charge < -0.3 is 14.6 Å². The zero-order chi connectivity index (χ0) is 21.5. The van der Waals surface area contributed by atoms with Crippen LogP contribution >= 0.6 is 11.8 Å². The molecule has 3 aromatic carbocycles. The molecule has 0 saturated heterocycles. The van der Waals surface area contributed by atoms with Gasteiger partial charge in [-0.1, -0.05) is 24.3 Å². The van der Waals surface area contributed by atoms with Crippen LogP contribution < -0.4 is 9.47 Å². The van der Waals surface area contributed by atoms with E-state index in [1.54, 1.807) is 24.3 Å². The van der Waals surface area contributed by atoms with Gasteiger partial charge in [0.15, 0.2) is 11.5 Å². The number of non-ortho nitro benzene ring substituents is 1. The first-order chi connectivity index (χ1) is 14.5. The summed E-state index contributed by atoms with van der Waals surface area (Å²) in [4.78, 5) is 22.8. The first kappa shape index (κ1) is 21.2. The Morgan fingerprint density at radius 1 is 1.03 bits per heavy atom. The summed E-state index contributed by atoms with van der Waals surface area (Å²) in [6.07, 6.45) is -0.155. The monoisotopic (exact) mass is 425 g/mol. The normalized spacial score (nSPS) is 10.4. The van der Waals surface area contributed by atoms with E-state index in [1.807, 2.05) is 30.3 Å². The summed E-state index contributed by atoms with van der Waals surface area (Å²) in [6.45, 7) is 0. The molecule has 0 saturated carbocycles. The molecule has 154 valence electrons. The highest BCUT2D eigenvalue weighted by Crippen LogP contribution is 2.37. The van der Waals surface area contributed by atoms with Gasteiger partial charge in [-0.15, -0.1) is 11.8 Å². The lowest BCUT2D eigenvalue weighted by Crippen LogP contribution is -2.01. The summed E-state index contributed by atoms with van der Waals surface area (Å²) in [5, 5.41) is 20.3. The van der Waals surface area contributed by atoms with Gasteiger partial charge >= 0.3 is 5.97 Å². The molecule has 3 aromatic rings. The van der Waals surface area contributed by atoms with Crippen LogP contribution in [0, 0.1) is 10.1 Å². The third kappa shape index (κ3) is 5.51. The van der Waals surface area contributed by atoms with Crippen LogP contribution in [0.4, 0.5) is 5.69 Å². The molecule has 7 nitrogen and oxygen atoms in total. The number of carboxylic acid groups (broad SMARTS) is 1. The van der Waals surface area contributed by atoms with Crippen molar-refractivity contribution in [2.75, 3.05) is 7.11 Å². The number of carbonyl (C=O) groups is 1. The fourth-order valence-electron chi connectivity index (χ4n) is 2.77. The molecule has 0 radical (unpaired) electrons. The Bertz CT molecular complexity index is 1050. The number of nitro benzene ring substituents is 1. The van der Waals surface area contributed by atoms with Gasteiger partial charge in [-0.25, -0.2) is 0 Å². The largest absolute Gasteiger partial charge is 0.493 e. The van der Waals surface area contributed by atoms with Gasteiger partial charge in [-0.2, -0.15) is 0 Å². The van der Waals surface area contributed by atoms with Crippen LogP contribution in [0.3, 0.4) is 0 Å². The fraction of sp³-hybridized carbons (Fsp3) is 0.136. The molecule has 0 aromatic heterocycles. The number of ether oxygens (including phenoxy) is 2. The summed E-state index contributed by atoms with van der Waals surface area (Å²) < 4.78 is 11.3. The number of benzene rings is 3. The number of carboxylic acids is 1. The number of hydrogen-bond acceptors (Lipinski definition) is 6. The molecule has 0 aliphatic carbocycles. The number of nitrogens with zero attached hydrogens (tertiary/aromatic N) is 1. The molecule has 30 heavy (non-hydrogen) atoms. The maximum Gasteiger partial charge on any atom is 0.307 e. The highest BCUT2D eigenvalue weighted by molar-refractivity contribution is 7.98. The summed E-state index contributed by atoms with van der Waals surface area (Å²) in [7, 11) is 1.49. The lowest BCUT2D eigenvalue weighted by atomic mass is 10.1. The number of hydrogen-bond donors (Lipinski definition) is 1. The maximum atomic E-state index is 11.2. The minimum atomic E-state index is -0.957. The van der Waals surface area contributed by atoms with E-state index in [9.17, 15) is 14.9 Å². The second-order valence-corrected chi connectivity index (χ2v) is 7.36. The molecule has 0 spiro atoms. The topological polar surface area (TPSA) is 98.9 Å². The van der Waals surface area contributed by atoms with E-state index in [2.05, 4.69) is 0 Å². The molecule has 0 unspecified atom stereocenters. The van der Waals surface area contributed by atoms with Crippen LogP contribution in [0.2, 0.25) is 0 Å². The van der Waals surface area contributed by atoms with Crippen molar-refractivity contribution in [1.29, 1.82) is 0 Å². The minimum Gasteiger partial charge on any atom is -0.493 e. The molecular formula is C22H19NO6S. The van der Waals surface area contributed by atoms with Crippen molar-refractivity contribution in [2.24, 2.45) is 0 Å². The van der Waals surface area contributed by atoms with Crippen LogP contribution in [-0.4, -0.2) is 23.1 Å². The SMILES string of the molecule is COc1ccc(CC(=O)O)cc1Oc1ccc([N+](=O)[O-])cc1CSc1ccccc1. The van der Waals surface area contributed by atoms with Gasteiger partial charge in [0, 0.05) is 28.3 Å². The van der Waals surface area contributed by atoms with Crippen molar-refractivity contribution in [3.05, 3.63) is 88.0 Å². The van der Waals surface area contributed by atoms with E-state index >= 15 is 0 Å². The van der Waals surface area contributed by atoms with Crippen molar-refractivity contribution in [3.63, 3.8) is 0 Å². The van der Waals surface area contributed by atoms with Crippen molar-refractivity contribution in [3.8, 4) is 17.2 Å². The van der Waals surface area contributed by atoms with E-state index in [0.29, 0.717) is 34.1 Å². The van der Waals surface area contributed by atoms with Crippen LogP contribution in [0.25, 0.3) is 0 Å². The van der Waals surface area contributed by atoms with Gasteiger partial charge in [-0.05, 0) is 35.9 Å². The van der Waals surface area contributed by atoms with Crippen molar-refractivity contribution in [1.82, 2.24) is 0 Å². The van der Waals surface area contributed by atoms with Crippen molar-refractivity contribution >= 4 is 23.4 Å². The zero-order valence-electron chi connectivity index (χ0n) is 16.1. The molecule has 0 aliphatic rings. The Morgan fingerprint density at radius 2 is 1.77 bits per heavy atom. The lowest BCUT2D eigenvalue weighted by Gasteiger charge is -2.14. The second-order valence-electron chi connectivity index (χ2n) is 6.31. The molecule has 0 atom stereocenters. The van der Waals surface area contributed by atoms with Crippen LogP contribution in [-0.2, 0) is 17.0 Å². The molecule has 0 fully saturated rings. The molecule has 8 heteroatoms. The predicted octanol–water partition coefficient (Wildman–Crippen LogP) is 5.32. The van der Waals surface area contributed by atoms with Gasteiger partial charge in [0.2, 0.25) is 0 Å².